The Bertz CT molecular complexity index is 731. The molecule has 3 nitrogen and oxygen atoms in total. The van der Waals surface area contributed by atoms with Crippen LogP contribution in [0.25, 0.3) is 22.4 Å². The molecule has 0 saturated heterocycles. The Kier molecular flexibility index (Phi) is 2.71. The van der Waals surface area contributed by atoms with Crippen LogP contribution in [0.4, 0.5) is 10.1 Å². The molecule has 2 aromatic carbocycles. The predicted octanol–water partition coefficient (Wildman–Crippen LogP) is 3.44. The highest BCUT2D eigenvalue weighted by molar-refractivity contribution is 5.80. The molecule has 3 aromatic rings. The minimum Gasteiger partial charge on any atom is -0.378 e. The van der Waals surface area contributed by atoms with Gasteiger partial charge in [0.25, 0.3) is 0 Å². The van der Waals surface area contributed by atoms with Crippen LogP contribution in [0.2, 0.25) is 0 Å². The standard InChI is InChI=1S/C15H14FN3/c1-19(2)11-6-3-5-10(9-11)15-17-13-8-4-7-12(16)14(13)18-15/h3-9H,1-2H3,(H,17,18). The van der Waals surface area contributed by atoms with Crippen molar-refractivity contribution in [2.24, 2.45) is 0 Å². The predicted molar refractivity (Wildman–Crippen MR) is 75.8 cm³/mol. The lowest BCUT2D eigenvalue weighted by atomic mass is 10.2. The molecule has 0 aliphatic rings. The SMILES string of the molecule is CN(C)c1cccc(-c2nc3c(F)cccc3[nH]2)c1. The summed E-state index contributed by atoms with van der Waals surface area (Å²) in [7, 11) is 3.97. The quantitative estimate of drug-likeness (QED) is 0.760. The van der Waals surface area contributed by atoms with Gasteiger partial charge in [-0.25, -0.2) is 9.37 Å². The first kappa shape index (κ1) is 11.7. The second kappa shape index (κ2) is 4.39. The number of para-hydroxylation sites is 1. The number of benzene rings is 2. The van der Waals surface area contributed by atoms with Crippen molar-refractivity contribution in [3.05, 3.63) is 48.3 Å². The Morgan fingerprint density at radius 1 is 1.11 bits per heavy atom. The molecule has 0 spiro atoms. The molecule has 0 aliphatic carbocycles. The van der Waals surface area contributed by atoms with E-state index >= 15 is 0 Å². The third kappa shape index (κ3) is 2.05. The van der Waals surface area contributed by atoms with Crippen LogP contribution in [-0.2, 0) is 0 Å². The van der Waals surface area contributed by atoms with Crippen molar-refractivity contribution in [3.8, 4) is 11.4 Å². The number of hydrogen-bond donors (Lipinski definition) is 1. The van der Waals surface area contributed by atoms with Crippen molar-refractivity contribution in [2.75, 3.05) is 19.0 Å². The summed E-state index contributed by atoms with van der Waals surface area (Å²) in [5.41, 5.74) is 3.12. The van der Waals surface area contributed by atoms with Gasteiger partial charge in [0.15, 0.2) is 5.82 Å². The number of fused-ring (bicyclic) bond motifs is 1. The molecule has 96 valence electrons. The Balaban J connectivity index is 2.14. The van der Waals surface area contributed by atoms with E-state index in [-0.39, 0.29) is 5.82 Å². The molecule has 1 heterocycles. The molecule has 0 fully saturated rings. The van der Waals surface area contributed by atoms with E-state index in [0.29, 0.717) is 16.9 Å². The zero-order chi connectivity index (χ0) is 13.4. The van der Waals surface area contributed by atoms with Gasteiger partial charge in [-0.05, 0) is 24.3 Å². The van der Waals surface area contributed by atoms with E-state index in [0.717, 1.165) is 11.3 Å². The molecule has 0 radical (unpaired) electrons. The molecule has 0 aliphatic heterocycles. The zero-order valence-electron chi connectivity index (χ0n) is 10.8. The lowest BCUT2D eigenvalue weighted by molar-refractivity contribution is 0.637. The van der Waals surface area contributed by atoms with Crippen molar-refractivity contribution in [2.45, 2.75) is 0 Å². The summed E-state index contributed by atoms with van der Waals surface area (Å²) in [6, 6.07) is 12.9. The normalized spacial score (nSPS) is 10.9. The highest BCUT2D eigenvalue weighted by Crippen LogP contribution is 2.24. The van der Waals surface area contributed by atoms with Crippen molar-refractivity contribution < 1.29 is 4.39 Å². The van der Waals surface area contributed by atoms with Crippen LogP contribution >= 0.6 is 0 Å². The molecule has 1 aromatic heterocycles. The number of rotatable bonds is 2. The van der Waals surface area contributed by atoms with Crippen molar-refractivity contribution in [3.63, 3.8) is 0 Å². The number of anilines is 1. The topological polar surface area (TPSA) is 31.9 Å². The smallest absolute Gasteiger partial charge is 0.151 e. The van der Waals surface area contributed by atoms with Gasteiger partial charge in [0.2, 0.25) is 0 Å². The number of aromatic nitrogens is 2. The van der Waals surface area contributed by atoms with Gasteiger partial charge in [-0.2, -0.15) is 0 Å². The first-order valence-electron chi connectivity index (χ1n) is 6.07. The first-order valence-corrected chi connectivity index (χ1v) is 6.07. The van der Waals surface area contributed by atoms with E-state index in [9.17, 15) is 4.39 Å². The highest BCUT2D eigenvalue weighted by atomic mass is 19.1. The van der Waals surface area contributed by atoms with Crippen molar-refractivity contribution >= 4 is 16.7 Å². The summed E-state index contributed by atoms with van der Waals surface area (Å²) in [6.07, 6.45) is 0. The molecule has 19 heavy (non-hydrogen) atoms. The van der Waals surface area contributed by atoms with E-state index in [2.05, 4.69) is 9.97 Å². The van der Waals surface area contributed by atoms with Gasteiger partial charge in [-0.15, -0.1) is 0 Å². The summed E-state index contributed by atoms with van der Waals surface area (Å²) in [6.45, 7) is 0. The summed E-state index contributed by atoms with van der Waals surface area (Å²) in [5, 5.41) is 0. The maximum Gasteiger partial charge on any atom is 0.151 e. The van der Waals surface area contributed by atoms with E-state index in [1.807, 2.05) is 49.3 Å². The summed E-state index contributed by atoms with van der Waals surface area (Å²) in [5.74, 6) is 0.382. The Morgan fingerprint density at radius 2 is 1.89 bits per heavy atom. The second-order valence-electron chi connectivity index (χ2n) is 4.67. The third-order valence-corrected chi connectivity index (χ3v) is 3.10. The number of aromatic amines is 1. The summed E-state index contributed by atoms with van der Waals surface area (Å²) < 4.78 is 13.6. The summed E-state index contributed by atoms with van der Waals surface area (Å²) >= 11 is 0. The number of hydrogen-bond acceptors (Lipinski definition) is 2. The molecule has 0 amide bonds. The maximum atomic E-state index is 13.6. The van der Waals surface area contributed by atoms with Crippen LogP contribution in [0, 0.1) is 5.82 Å². The number of nitrogens with one attached hydrogen (secondary N) is 1. The molecule has 1 N–H and O–H groups in total. The molecule has 0 unspecified atom stereocenters. The first-order chi connectivity index (χ1) is 9.15. The molecule has 0 bridgehead atoms. The van der Waals surface area contributed by atoms with Gasteiger partial charge in [0, 0.05) is 25.3 Å². The maximum absolute atomic E-state index is 13.6. The van der Waals surface area contributed by atoms with Gasteiger partial charge in [0.1, 0.15) is 11.3 Å². The van der Waals surface area contributed by atoms with Crippen molar-refractivity contribution in [1.82, 2.24) is 9.97 Å². The Labute approximate surface area is 110 Å². The molecule has 0 saturated carbocycles. The molecular weight excluding hydrogens is 241 g/mol. The third-order valence-electron chi connectivity index (χ3n) is 3.10. The van der Waals surface area contributed by atoms with Crippen LogP contribution in [-0.4, -0.2) is 24.1 Å². The Morgan fingerprint density at radius 3 is 2.63 bits per heavy atom. The molecule has 0 atom stereocenters. The zero-order valence-corrected chi connectivity index (χ0v) is 10.8. The lowest BCUT2D eigenvalue weighted by Gasteiger charge is -2.12. The van der Waals surface area contributed by atoms with E-state index in [1.54, 1.807) is 6.07 Å². The average Bonchev–Trinajstić information content (AvgIpc) is 2.84. The number of nitrogens with zero attached hydrogens (tertiary/aromatic N) is 2. The minimum absolute atomic E-state index is 0.302. The largest absolute Gasteiger partial charge is 0.378 e. The molecule has 4 heteroatoms. The van der Waals surface area contributed by atoms with Gasteiger partial charge in [-0.3, -0.25) is 0 Å². The van der Waals surface area contributed by atoms with Gasteiger partial charge >= 0.3 is 0 Å². The Hall–Kier alpha value is -2.36. The van der Waals surface area contributed by atoms with Crippen molar-refractivity contribution in [1.29, 1.82) is 0 Å². The van der Waals surface area contributed by atoms with Crippen LogP contribution in [0.15, 0.2) is 42.5 Å². The van der Waals surface area contributed by atoms with E-state index < -0.39 is 0 Å². The fourth-order valence-electron chi connectivity index (χ4n) is 2.07. The van der Waals surface area contributed by atoms with Crippen LogP contribution < -0.4 is 4.90 Å². The monoisotopic (exact) mass is 255 g/mol. The fraction of sp³-hybridized carbons (Fsp3) is 0.133. The van der Waals surface area contributed by atoms with Crippen LogP contribution in [0.5, 0.6) is 0 Å². The fourth-order valence-corrected chi connectivity index (χ4v) is 2.07. The van der Waals surface area contributed by atoms with Gasteiger partial charge < -0.3 is 9.88 Å². The average molecular weight is 255 g/mol. The van der Waals surface area contributed by atoms with Gasteiger partial charge in [0.05, 0.1) is 5.52 Å². The number of halogens is 1. The van der Waals surface area contributed by atoms with E-state index in [4.69, 9.17) is 0 Å². The van der Waals surface area contributed by atoms with Gasteiger partial charge in [-0.1, -0.05) is 18.2 Å². The molecular formula is C15H14FN3. The van der Waals surface area contributed by atoms with Crippen LogP contribution in [0.3, 0.4) is 0 Å². The van der Waals surface area contributed by atoms with Crippen LogP contribution in [0.1, 0.15) is 0 Å². The number of imidazole rings is 1. The highest BCUT2D eigenvalue weighted by Gasteiger charge is 2.09. The molecule has 3 rings (SSSR count). The van der Waals surface area contributed by atoms with E-state index in [1.165, 1.54) is 6.07 Å². The number of H-pyrrole nitrogens is 1. The lowest BCUT2D eigenvalue weighted by Crippen LogP contribution is -2.08. The summed E-state index contributed by atoms with van der Waals surface area (Å²) in [4.78, 5) is 9.50. The minimum atomic E-state index is -0.302. The second-order valence-corrected chi connectivity index (χ2v) is 4.67.